The highest BCUT2D eigenvalue weighted by molar-refractivity contribution is 6.25. The quantitative estimate of drug-likeness (QED) is 0.318. The van der Waals surface area contributed by atoms with E-state index in [1.165, 1.54) is 18.2 Å². The Labute approximate surface area is 187 Å². The zero-order valence-electron chi connectivity index (χ0n) is 17.7. The topological polar surface area (TPSA) is 69.9 Å². The summed E-state index contributed by atoms with van der Waals surface area (Å²) in [6, 6.07) is 13.3. The number of anilines is 1. The molecule has 0 aliphatic carbocycles. The summed E-state index contributed by atoms with van der Waals surface area (Å²) in [5, 5.41) is 7.12. The molecule has 0 saturated carbocycles. The second-order valence-corrected chi connectivity index (χ2v) is 8.53. The Morgan fingerprint density at radius 3 is 2.64 bits per heavy atom. The first-order valence-electron chi connectivity index (χ1n) is 11.0. The van der Waals surface area contributed by atoms with E-state index in [9.17, 15) is 13.6 Å². The maximum Gasteiger partial charge on any atom is 0.256 e. The molecule has 5 nitrogen and oxygen atoms in total. The molecule has 1 saturated heterocycles. The van der Waals surface area contributed by atoms with Gasteiger partial charge in [0, 0.05) is 41.7 Å². The van der Waals surface area contributed by atoms with Gasteiger partial charge in [-0.05, 0) is 53.6 Å². The van der Waals surface area contributed by atoms with Gasteiger partial charge in [-0.2, -0.15) is 0 Å². The van der Waals surface area contributed by atoms with E-state index in [1.54, 1.807) is 12.3 Å². The van der Waals surface area contributed by atoms with Crippen LogP contribution >= 0.6 is 0 Å². The highest BCUT2D eigenvalue weighted by atomic mass is 19.1. The molecule has 1 unspecified atom stereocenters. The molecule has 5 aromatic rings. The van der Waals surface area contributed by atoms with Crippen LogP contribution in [0.3, 0.4) is 0 Å². The van der Waals surface area contributed by atoms with Crippen molar-refractivity contribution in [1.29, 1.82) is 0 Å². The zero-order valence-corrected chi connectivity index (χ0v) is 17.7. The van der Waals surface area contributed by atoms with Crippen molar-refractivity contribution >= 4 is 38.1 Å². The summed E-state index contributed by atoms with van der Waals surface area (Å²) < 4.78 is 34.4. The van der Waals surface area contributed by atoms with Crippen LogP contribution in [0, 0.1) is 17.6 Å². The highest BCUT2D eigenvalue weighted by Crippen LogP contribution is 2.38. The van der Waals surface area contributed by atoms with Crippen LogP contribution in [0.25, 0.3) is 43.7 Å². The number of halogens is 2. The van der Waals surface area contributed by atoms with Gasteiger partial charge < -0.3 is 20.0 Å². The van der Waals surface area contributed by atoms with Crippen molar-refractivity contribution in [3.63, 3.8) is 0 Å². The minimum atomic E-state index is -0.643. The van der Waals surface area contributed by atoms with Crippen molar-refractivity contribution in [2.75, 3.05) is 25.1 Å². The summed E-state index contributed by atoms with van der Waals surface area (Å²) in [5.74, 6) is -0.822. The molecular weight excluding hydrogens is 424 g/mol. The molecule has 6 rings (SSSR count). The smallest absolute Gasteiger partial charge is 0.256 e. The molecule has 2 aromatic heterocycles. The van der Waals surface area contributed by atoms with E-state index >= 15 is 0 Å². The number of aromatic nitrogens is 2. The van der Waals surface area contributed by atoms with Crippen molar-refractivity contribution in [3.8, 4) is 11.3 Å². The van der Waals surface area contributed by atoms with Crippen LogP contribution in [-0.2, 0) is 4.74 Å². The van der Waals surface area contributed by atoms with Crippen molar-refractivity contribution in [2.24, 2.45) is 5.92 Å². The zero-order chi connectivity index (χ0) is 22.5. The van der Waals surface area contributed by atoms with Gasteiger partial charge in [-0.1, -0.05) is 12.1 Å². The van der Waals surface area contributed by atoms with Gasteiger partial charge in [0.1, 0.15) is 11.6 Å². The van der Waals surface area contributed by atoms with Crippen molar-refractivity contribution in [2.45, 2.75) is 6.42 Å². The fourth-order valence-corrected chi connectivity index (χ4v) is 4.83. The van der Waals surface area contributed by atoms with Gasteiger partial charge in [-0.3, -0.25) is 4.79 Å². The number of pyridine rings is 1. The number of ether oxygens (including phenoxy) is 1. The lowest BCUT2D eigenvalue weighted by Crippen LogP contribution is -2.14. The van der Waals surface area contributed by atoms with Crippen LogP contribution in [0.15, 0.2) is 59.5 Å². The van der Waals surface area contributed by atoms with E-state index in [4.69, 9.17) is 4.74 Å². The second-order valence-electron chi connectivity index (χ2n) is 8.53. The second kappa shape index (κ2) is 7.71. The Hall–Kier alpha value is -3.71. The Kier molecular flexibility index (Phi) is 4.66. The monoisotopic (exact) mass is 445 g/mol. The lowest BCUT2D eigenvalue weighted by molar-refractivity contribution is 0.187. The Bertz CT molecular complexity index is 1560. The number of rotatable bonds is 4. The first kappa shape index (κ1) is 19.9. The standard InChI is InChI=1S/C26H21F2N3O2/c27-20-2-1-3-21(28)24(20)22-11-19-16-5-4-15(30-12-14-7-9-33-13-14)10-18(16)23-17(25(19)31-22)6-8-29-26(23)32/h1-6,8,10-11,14,30-31H,7,9,12-13H2,(H,29,32). The third-order valence-corrected chi connectivity index (χ3v) is 6.48. The average Bonchev–Trinajstić information content (AvgIpc) is 3.48. The SMILES string of the molecule is O=c1[nH]ccc2c3[nH]c(-c4c(F)cccc4F)cc3c3ccc(NCC4CCOC4)cc3c12. The molecule has 0 radical (unpaired) electrons. The van der Waals surface area contributed by atoms with Gasteiger partial charge in [0.05, 0.1) is 28.8 Å². The Morgan fingerprint density at radius 2 is 1.85 bits per heavy atom. The van der Waals surface area contributed by atoms with Crippen LogP contribution in [0.4, 0.5) is 14.5 Å². The molecule has 1 fully saturated rings. The predicted octanol–water partition coefficient (Wildman–Crippen LogP) is 5.56. The van der Waals surface area contributed by atoms with E-state index in [2.05, 4.69) is 15.3 Å². The Balaban J connectivity index is 1.58. The molecule has 0 amide bonds. The summed E-state index contributed by atoms with van der Waals surface area (Å²) in [6.45, 7) is 2.34. The normalized spacial score (nSPS) is 16.2. The van der Waals surface area contributed by atoms with Gasteiger partial charge in [-0.15, -0.1) is 0 Å². The minimum Gasteiger partial charge on any atom is -0.385 e. The molecule has 7 heteroatoms. The number of hydrogen-bond donors (Lipinski definition) is 3. The number of H-pyrrole nitrogens is 2. The van der Waals surface area contributed by atoms with E-state index in [0.717, 1.165) is 48.0 Å². The lowest BCUT2D eigenvalue weighted by atomic mass is 9.98. The largest absolute Gasteiger partial charge is 0.385 e. The summed E-state index contributed by atoms with van der Waals surface area (Å²) in [4.78, 5) is 18.8. The molecule has 3 heterocycles. The maximum absolute atomic E-state index is 14.5. The molecule has 166 valence electrons. The van der Waals surface area contributed by atoms with Crippen LogP contribution in [0.2, 0.25) is 0 Å². The van der Waals surface area contributed by atoms with Gasteiger partial charge >= 0.3 is 0 Å². The molecule has 1 atom stereocenters. The van der Waals surface area contributed by atoms with Crippen LogP contribution in [0.1, 0.15) is 6.42 Å². The van der Waals surface area contributed by atoms with Gasteiger partial charge in [0.2, 0.25) is 0 Å². The van der Waals surface area contributed by atoms with Gasteiger partial charge in [0.25, 0.3) is 5.56 Å². The van der Waals surface area contributed by atoms with Crippen molar-refractivity contribution in [1.82, 2.24) is 9.97 Å². The fourth-order valence-electron chi connectivity index (χ4n) is 4.83. The third kappa shape index (κ3) is 3.27. The first-order valence-corrected chi connectivity index (χ1v) is 11.0. The predicted molar refractivity (Wildman–Crippen MR) is 127 cm³/mol. The number of hydrogen-bond acceptors (Lipinski definition) is 3. The summed E-state index contributed by atoms with van der Waals surface area (Å²) >= 11 is 0. The molecule has 1 aliphatic rings. The average molecular weight is 445 g/mol. The minimum absolute atomic E-state index is 0.114. The fraction of sp³-hybridized carbons (Fsp3) is 0.192. The molecule has 3 N–H and O–H groups in total. The summed E-state index contributed by atoms with van der Waals surface area (Å²) in [6.07, 6.45) is 2.62. The van der Waals surface area contributed by atoms with E-state index < -0.39 is 11.6 Å². The molecule has 0 spiro atoms. The third-order valence-electron chi connectivity index (χ3n) is 6.48. The maximum atomic E-state index is 14.5. The van der Waals surface area contributed by atoms with Crippen molar-refractivity contribution in [3.05, 3.63) is 76.7 Å². The van der Waals surface area contributed by atoms with E-state index in [-0.39, 0.29) is 11.1 Å². The molecule has 3 aromatic carbocycles. The van der Waals surface area contributed by atoms with Crippen molar-refractivity contribution < 1.29 is 13.5 Å². The summed E-state index contributed by atoms with van der Waals surface area (Å²) in [5.41, 5.74) is 1.59. The van der Waals surface area contributed by atoms with Gasteiger partial charge in [-0.25, -0.2) is 8.78 Å². The molecule has 33 heavy (non-hydrogen) atoms. The number of benzene rings is 3. The van der Waals surface area contributed by atoms with Gasteiger partial charge in [0.15, 0.2) is 0 Å². The van der Waals surface area contributed by atoms with E-state index in [1.807, 2.05) is 24.3 Å². The molecular formula is C26H21F2N3O2. The Morgan fingerprint density at radius 1 is 1.00 bits per heavy atom. The highest BCUT2D eigenvalue weighted by Gasteiger charge is 2.19. The number of fused-ring (bicyclic) bond motifs is 6. The first-order chi connectivity index (χ1) is 16.1. The van der Waals surface area contributed by atoms with Crippen LogP contribution in [-0.4, -0.2) is 29.7 Å². The lowest BCUT2D eigenvalue weighted by Gasteiger charge is -2.13. The number of aromatic amines is 2. The van der Waals surface area contributed by atoms with Crippen LogP contribution < -0.4 is 10.9 Å². The molecule has 1 aliphatic heterocycles. The molecule has 0 bridgehead atoms. The van der Waals surface area contributed by atoms with E-state index in [0.29, 0.717) is 27.9 Å². The van der Waals surface area contributed by atoms with Crippen LogP contribution in [0.5, 0.6) is 0 Å². The number of nitrogens with one attached hydrogen (secondary N) is 3. The summed E-state index contributed by atoms with van der Waals surface area (Å²) in [7, 11) is 0.